The molecule has 1 unspecified atom stereocenters. The normalized spacial score (nSPS) is 20.5. The average Bonchev–Trinajstić information content (AvgIpc) is 2.65. The molecule has 17 heavy (non-hydrogen) atoms. The lowest BCUT2D eigenvalue weighted by atomic mass is 9.93. The summed E-state index contributed by atoms with van der Waals surface area (Å²) < 4.78 is 0. The van der Waals surface area contributed by atoms with Crippen LogP contribution < -0.4 is 11.1 Å². The minimum absolute atomic E-state index is 0.0887. The molecule has 3 N–H and O–H groups in total. The Morgan fingerprint density at radius 1 is 1.29 bits per heavy atom. The summed E-state index contributed by atoms with van der Waals surface area (Å²) in [6.07, 6.45) is 6.24. The average molecular weight is 240 g/mol. The van der Waals surface area contributed by atoms with Gasteiger partial charge in [0.15, 0.2) is 0 Å². The van der Waals surface area contributed by atoms with Crippen molar-refractivity contribution in [3.8, 4) is 0 Å². The summed E-state index contributed by atoms with van der Waals surface area (Å²) in [5.41, 5.74) is 5.73. The highest BCUT2D eigenvalue weighted by Gasteiger charge is 2.33. The number of hydrogen-bond donors (Lipinski definition) is 2. The summed E-state index contributed by atoms with van der Waals surface area (Å²) in [5.74, 6) is 1.31. The topological polar surface area (TPSA) is 55.1 Å². The van der Waals surface area contributed by atoms with Crippen molar-refractivity contribution in [3.05, 3.63) is 0 Å². The first-order chi connectivity index (χ1) is 7.97. The Labute approximate surface area is 106 Å². The number of nitrogens with two attached hydrogens (primary N) is 1. The maximum atomic E-state index is 12.0. The first kappa shape index (κ1) is 14.5. The fourth-order valence-corrected chi connectivity index (χ4v) is 2.98. The summed E-state index contributed by atoms with van der Waals surface area (Å²) in [7, 11) is 0. The third-order valence-corrected chi connectivity index (χ3v) is 3.76. The molecule has 1 saturated carbocycles. The van der Waals surface area contributed by atoms with Gasteiger partial charge in [0.2, 0.25) is 5.91 Å². The Morgan fingerprint density at radius 2 is 1.88 bits per heavy atom. The maximum absolute atomic E-state index is 12.0. The standard InChI is InChI=1S/C14H28N2O/c1-11(2)8-12(3)9-13(17)16-14(10-15)6-4-5-7-14/h11-12H,4-10,15H2,1-3H3,(H,16,17). The quantitative estimate of drug-likeness (QED) is 0.749. The highest BCUT2D eigenvalue weighted by atomic mass is 16.1. The van der Waals surface area contributed by atoms with E-state index < -0.39 is 0 Å². The van der Waals surface area contributed by atoms with Crippen molar-refractivity contribution >= 4 is 5.91 Å². The Balaban J connectivity index is 2.37. The van der Waals surface area contributed by atoms with Crippen LogP contribution >= 0.6 is 0 Å². The van der Waals surface area contributed by atoms with Gasteiger partial charge >= 0.3 is 0 Å². The monoisotopic (exact) mass is 240 g/mol. The van der Waals surface area contributed by atoms with Crippen molar-refractivity contribution in [2.45, 2.75) is 64.8 Å². The number of carbonyl (C=O) groups excluding carboxylic acids is 1. The molecule has 0 aromatic rings. The predicted octanol–water partition coefficient (Wildman–Crippen LogP) is 2.45. The second-order valence-corrected chi connectivity index (χ2v) is 6.18. The van der Waals surface area contributed by atoms with E-state index in [0.29, 0.717) is 24.8 Å². The van der Waals surface area contributed by atoms with E-state index in [9.17, 15) is 4.79 Å². The smallest absolute Gasteiger partial charge is 0.220 e. The molecule has 1 rings (SSSR count). The van der Waals surface area contributed by atoms with Gasteiger partial charge < -0.3 is 11.1 Å². The zero-order chi connectivity index (χ0) is 12.9. The van der Waals surface area contributed by atoms with Crippen LogP contribution in [-0.4, -0.2) is 18.0 Å². The molecule has 1 fully saturated rings. The van der Waals surface area contributed by atoms with Crippen molar-refractivity contribution < 1.29 is 4.79 Å². The summed E-state index contributed by atoms with van der Waals surface area (Å²) in [6, 6.07) is 0. The fraction of sp³-hybridized carbons (Fsp3) is 0.929. The summed E-state index contributed by atoms with van der Waals surface area (Å²) in [5, 5.41) is 3.18. The summed E-state index contributed by atoms with van der Waals surface area (Å²) in [6.45, 7) is 7.14. The first-order valence-electron chi connectivity index (χ1n) is 6.98. The Hall–Kier alpha value is -0.570. The molecule has 3 nitrogen and oxygen atoms in total. The molecule has 1 aliphatic carbocycles. The lowest BCUT2D eigenvalue weighted by Gasteiger charge is -2.29. The van der Waals surface area contributed by atoms with Crippen LogP contribution in [0, 0.1) is 11.8 Å². The van der Waals surface area contributed by atoms with Crippen molar-refractivity contribution in [2.24, 2.45) is 17.6 Å². The molecule has 1 aliphatic rings. The van der Waals surface area contributed by atoms with Crippen LogP contribution in [0.4, 0.5) is 0 Å². The van der Waals surface area contributed by atoms with Crippen molar-refractivity contribution in [2.75, 3.05) is 6.54 Å². The third kappa shape index (κ3) is 4.66. The Kier molecular flexibility index (Phi) is 5.44. The molecule has 0 aromatic heterocycles. The van der Waals surface area contributed by atoms with Gasteiger partial charge in [-0.25, -0.2) is 0 Å². The summed E-state index contributed by atoms with van der Waals surface area (Å²) >= 11 is 0. The Bertz CT molecular complexity index is 245. The largest absolute Gasteiger partial charge is 0.349 e. The van der Waals surface area contributed by atoms with Gasteiger partial charge in [-0.3, -0.25) is 4.79 Å². The van der Waals surface area contributed by atoms with Crippen molar-refractivity contribution in [1.82, 2.24) is 5.32 Å². The molecule has 0 heterocycles. The minimum atomic E-state index is -0.0887. The SMILES string of the molecule is CC(C)CC(C)CC(=O)NC1(CN)CCCC1. The van der Waals surface area contributed by atoms with Crippen LogP contribution in [0.15, 0.2) is 0 Å². The van der Waals surface area contributed by atoms with Gasteiger partial charge in [0.25, 0.3) is 0 Å². The maximum Gasteiger partial charge on any atom is 0.220 e. The molecular formula is C14H28N2O. The molecule has 0 aromatic carbocycles. The van der Waals surface area contributed by atoms with E-state index in [-0.39, 0.29) is 11.4 Å². The highest BCUT2D eigenvalue weighted by molar-refractivity contribution is 5.77. The van der Waals surface area contributed by atoms with Gasteiger partial charge in [0.1, 0.15) is 0 Å². The molecule has 1 atom stereocenters. The molecule has 3 heteroatoms. The fourth-order valence-electron chi connectivity index (χ4n) is 2.98. The van der Waals surface area contributed by atoms with Gasteiger partial charge in [-0.15, -0.1) is 0 Å². The number of rotatable bonds is 6. The van der Waals surface area contributed by atoms with Crippen LogP contribution in [0.1, 0.15) is 59.3 Å². The zero-order valence-corrected chi connectivity index (χ0v) is 11.6. The molecule has 0 radical (unpaired) electrons. The van der Waals surface area contributed by atoms with Crippen molar-refractivity contribution in [1.29, 1.82) is 0 Å². The van der Waals surface area contributed by atoms with E-state index in [0.717, 1.165) is 19.3 Å². The van der Waals surface area contributed by atoms with Crippen LogP contribution in [-0.2, 0) is 4.79 Å². The van der Waals surface area contributed by atoms with E-state index in [1.807, 2.05) is 0 Å². The molecule has 0 bridgehead atoms. The highest BCUT2D eigenvalue weighted by Crippen LogP contribution is 2.29. The number of carbonyl (C=O) groups is 1. The van der Waals surface area contributed by atoms with Crippen molar-refractivity contribution in [3.63, 3.8) is 0 Å². The number of hydrogen-bond acceptors (Lipinski definition) is 2. The van der Waals surface area contributed by atoms with Crippen LogP contribution in [0.2, 0.25) is 0 Å². The lowest BCUT2D eigenvalue weighted by Crippen LogP contribution is -2.51. The van der Waals surface area contributed by atoms with Gasteiger partial charge in [-0.05, 0) is 31.1 Å². The van der Waals surface area contributed by atoms with Gasteiger partial charge in [-0.1, -0.05) is 33.6 Å². The molecule has 0 aliphatic heterocycles. The van der Waals surface area contributed by atoms with Crippen LogP contribution in [0.25, 0.3) is 0 Å². The molecule has 100 valence electrons. The number of nitrogens with one attached hydrogen (secondary N) is 1. The zero-order valence-electron chi connectivity index (χ0n) is 11.6. The summed E-state index contributed by atoms with van der Waals surface area (Å²) in [4.78, 5) is 12.0. The predicted molar refractivity (Wildman–Crippen MR) is 71.6 cm³/mol. The number of amides is 1. The Morgan fingerprint density at radius 3 is 2.35 bits per heavy atom. The first-order valence-corrected chi connectivity index (χ1v) is 6.98. The second kappa shape index (κ2) is 6.39. The van der Waals surface area contributed by atoms with Crippen LogP contribution in [0.5, 0.6) is 0 Å². The minimum Gasteiger partial charge on any atom is -0.349 e. The molecule has 0 saturated heterocycles. The molecule has 0 spiro atoms. The lowest BCUT2D eigenvalue weighted by molar-refractivity contribution is -0.123. The van der Waals surface area contributed by atoms with Gasteiger partial charge in [0, 0.05) is 13.0 Å². The van der Waals surface area contributed by atoms with E-state index in [2.05, 4.69) is 26.1 Å². The van der Waals surface area contributed by atoms with Gasteiger partial charge in [0.05, 0.1) is 5.54 Å². The van der Waals surface area contributed by atoms with Crippen LogP contribution in [0.3, 0.4) is 0 Å². The van der Waals surface area contributed by atoms with E-state index in [4.69, 9.17) is 5.73 Å². The van der Waals surface area contributed by atoms with E-state index >= 15 is 0 Å². The third-order valence-electron chi connectivity index (χ3n) is 3.76. The molecular weight excluding hydrogens is 212 g/mol. The van der Waals surface area contributed by atoms with Gasteiger partial charge in [-0.2, -0.15) is 0 Å². The van der Waals surface area contributed by atoms with E-state index in [1.165, 1.54) is 12.8 Å². The molecule has 1 amide bonds. The second-order valence-electron chi connectivity index (χ2n) is 6.18. The van der Waals surface area contributed by atoms with E-state index in [1.54, 1.807) is 0 Å².